The molecule has 144 valence electrons. The Morgan fingerprint density at radius 1 is 1.28 bits per heavy atom. The van der Waals surface area contributed by atoms with Crippen molar-refractivity contribution in [3.63, 3.8) is 0 Å². The molecule has 0 amide bonds. The average molecular weight is 472 g/mol. The van der Waals surface area contributed by atoms with Gasteiger partial charge in [0, 0.05) is 30.1 Å². The van der Waals surface area contributed by atoms with Gasteiger partial charge in [-0.15, -0.1) is 0 Å². The van der Waals surface area contributed by atoms with Crippen LogP contribution in [0.2, 0.25) is 5.02 Å². The normalized spacial score (nSPS) is 10.9. The fourth-order valence-electron chi connectivity index (χ4n) is 3.08. The van der Waals surface area contributed by atoms with Crippen molar-refractivity contribution < 1.29 is 9.13 Å². The summed E-state index contributed by atoms with van der Waals surface area (Å²) in [6.45, 7) is 0. The molecule has 0 atom stereocenters. The summed E-state index contributed by atoms with van der Waals surface area (Å²) in [5, 5.41) is 14.8. The van der Waals surface area contributed by atoms with Gasteiger partial charge in [-0.1, -0.05) is 17.7 Å². The molecule has 0 radical (unpaired) electrons. The SMILES string of the molecule is Cn1nc(Cc2ccc(Br)c(Oc3cc(Cl)cc(C#N)c3)c2F)c2cccnc21. The Bertz CT molecular complexity index is 1280. The van der Waals surface area contributed by atoms with E-state index in [2.05, 4.69) is 26.0 Å². The summed E-state index contributed by atoms with van der Waals surface area (Å²) in [4.78, 5) is 4.31. The lowest BCUT2D eigenvalue weighted by molar-refractivity contribution is 0.436. The van der Waals surface area contributed by atoms with Gasteiger partial charge in [0.2, 0.25) is 0 Å². The summed E-state index contributed by atoms with van der Waals surface area (Å²) < 4.78 is 23.2. The Morgan fingerprint density at radius 3 is 2.90 bits per heavy atom. The van der Waals surface area contributed by atoms with Crippen molar-refractivity contribution in [1.29, 1.82) is 5.26 Å². The van der Waals surface area contributed by atoms with Gasteiger partial charge in [0.1, 0.15) is 5.75 Å². The Hall–Kier alpha value is -2.95. The van der Waals surface area contributed by atoms with Gasteiger partial charge in [-0.05, 0) is 57.9 Å². The maximum atomic E-state index is 15.3. The van der Waals surface area contributed by atoms with Crippen molar-refractivity contribution >= 4 is 38.6 Å². The third kappa shape index (κ3) is 3.82. The Balaban J connectivity index is 1.72. The molecule has 4 rings (SSSR count). The number of rotatable bonds is 4. The fourth-order valence-corrected chi connectivity index (χ4v) is 3.69. The van der Waals surface area contributed by atoms with E-state index >= 15 is 4.39 Å². The molecule has 8 heteroatoms. The highest BCUT2D eigenvalue weighted by Crippen LogP contribution is 2.36. The standard InChI is InChI=1S/C21H13BrClFN4O/c1-28-21-16(3-2-6-26-21)18(27-28)9-13-4-5-17(22)20(19(13)24)29-15-8-12(11-25)7-14(23)10-15/h2-8,10H,9H2,1H3. The Kier molecular flexibility index (Phi) is 5.22. The van der Waals surface area contributed by atoms with Crippen molar-refractivity contribution in [3.8, 4) is 17.6 Å². The monoisotopic (exact) mass is 470 g/mol. The molecule has 0 unspecified atom stereocenters. The Labute approximate surface area is 179 Å². The topological polar surface area (TPSA) is 63.7 Å². The Morgan fingerprint density at radius 2 is 2.10 bits per heavy atom. The first-order valence-electron chi connectivity index (χ1n) is 8.58. The average Bonchev–Trinajstić information content (AvgIpc) is 3.03. The van der Waals surface area contributed by atoms with E-state index in [1.807, 2.05) is 18.2 Å². The summed E-state index contributed by atoms with van der Waals surface area (Å²) in [6.07, 6.45) is 1.97. The van der Waals surface area contributed by atoms with E-state index in [1.54, 1.807) is 30.1 Å². The van der Waals surface area contributed by atoms with Gasteiger partial charge >= 0.3 is 0 Å². The lowest BCUT2D eigenvalue weighted by atomic mass is 10.1. The minimum absolute atomic E-state index is 0.0204. The van der Waals surface area contributed by atoms with E-state index in [0.29, 0.717) is 20.6 Å². The number of ether oxygens (including phenoxy) is 1. The number of nitrogens with zero attached hydrogens (tertiary/aromatic N) is 4. The number of pyridine rings is 1. The number of hydrogen-bond donors (Lipinski definition) is 0. The predicted octanol–water partition coefficient (Wildman–Crippen LogP) is 5.78. The smallest absolute Gasteiger partial charge is 0.177 e. The third-order valence-corrected chi connectivity index (χ3v) is 5.22. The van der Waals surface area contributed by atoms with E-state index < -0.39 is 5.82 Å². The number of halogens is 3. The van der Waals surface area contributed by atoms with E-state index in [-0.39, 0.29) is 17.9 Å². The van der Waals surface area contributed by atoms with Crippen LogP contribution >= 0.6 is 27.5 Å². The summed E-state index contributed by atoms with van der Waals surface area (Å²) in [6, 6.07) is 13.7. The molecule has 0 aliphatic heterocycles. The summed E-state index contributed by atoms with van der Waals surface area (Å²) in [5.41, 5.74) is 2.21. The fraction of sp³-hybridized carbons (Fsp3) is 0.0952. The number of fused-ring (bicyclic) bond motifs is 1. The van der Waals surface area contributed by atoms with Gasteiger partial charge in [-0.25, -0.2) is 9.37 Å². The lowest BCUT2D eigenvalue weighted by Crippen LogP contribution is -1.99. The molecule has 5 nitrogen and oxygen atoms in total. The van der Waals surface area contributed by atoms with Crippen LogP contribution in [0.3, 0.4) is 0 Å². The first-order valence-corrected chi connectivity index (χ1v) is 9.75. The summed E-state index contributed by atoms with van der Waals surface area (Å²) in [5.74, 6) is -0.217. The van der Waals surface area contributed by atoms with Crippen LogP contribution in [-0.2, 0) is 13.5 Å². The van der Waals surface area contributed by atoms with Crippen LogP contribution < -0.4 is 4.74 Å². The molecular formula is C21H13BrClFN4O. The molecule has 29 heavy (non-hydrogen) atoms. The molecule has 0 spiro atoms. The van der Waals surface area contributed by atoms with Gasteiger partial charge in [0.05, 0.1) is 21.8 Å². The van der Waals surface area contributed by atoms with E-state index in [0.717, 1.165) is 16.7 Å². The molecule has 2 aromatic heterocycles. The highest BCUT2D eigenvalue weighted by Gasteiger charge is 2.18. The molecule has 0 saturated carbocycles. The second-order valence-electron chi connectivity index (χ2n) is 6.36. The molecule has 0 bridgehead atoms. The van der Waals surface area contributed by atoms with Crippen LogP contribution in [0.25, 0.3) is 11.0 Å². The highest BCUT2D eigenvalue weighted by molar-refractivity contribution is 9.10. The molecule has 0 N–H and O–H groups in total. The summed E-state index contributed by atoms with van der Waals surface area (Å²) in [7, 11) is 1.80. The zero-order valence-corrected chi connectivity index (χ0v) is 17.5. The minimum Gasteiger partial charge on any atom is -0.453 e. The number of aryl methyl sites for hydroxylation is 1. The zero-order valence-electron chi connectivity index (χ0n) is 15.2. The second-order valence-corrected chi connectivity index (χ2v) is 7.65. The number of nitriles is 1. The van der Waals surface area contributed by atoms with Gasteiger partial charge in [-0.2, -0.15) is 10.4 Å². The third-order valence-electron chi connectivity index (χ3n) is 4.38. The highest BCUT2D eigenvalue weighted by atomic mass is 79.9. The molecule has 0 fully saturated rings. The molecule has 0 saturated heterocycles. The van der Waals surface area contributed by atoms with Crippen LogP contribution in [0.15, 0.2) is 53.1 Å². The molecule has 0 aliphatic rings. The first kappa shape index (κ1) is 19.4. The van der Waals surface area contributed by atoms with Crippen molar-refractivity contribution in [3.05, 3.63) is 80.8 Å². The van der Waals surface area contributed by atoms with E-state index in [1.165, 1.54) is 18.2 Å². The first-order chi connectivity index (χ1) is 14.0. The number of benzene rings is 2. The van der Waals surface area contributed by atoms with Crippen LogP contribution in [0.4, 0.5) is 4.39 Å². The number of hydrogen-bond acceptors (Lipinski definition) is 4. The minimum atomic E-state index is -0.513. The second kappa shape index (κ2) is 7.82. The maximum absolute atomic E-state index is 15.3. The van der Waals surface area contributed by atoms with E-state index in [4.69, 9.17) is 21.6 Å². The lowest BCUT2D eigenvalue weighted by Gasteiger charge is -2.12. The maximum Gasteiger partial charge on any atom is 0.177 e. The van der Waals surface area contributed by atoms with Crippen molar-refractivity contribution in [2.75, 3.05) is 0 Å². The quantitative estimate of drug-likeness (QED) is 0.378. The van der Waals surface area contributed by atoms with Crippen molar-refractivity contribution in [2.45, 2.75) is 6.42 Å². The molecule has 0 aliphatic carbocycles. The molecule has 4 aromatic rings. The molecule has 2 heterocycles. The molecule has 2 aromatic carbocycles. The van der Waals surface area contributed by atoms with Crippen LogP contribution in [-0.4, -0.2) is 14.8 Å². The zero-order chi connectivity index (χ0) is 20.5. The largest absolute Gasteiger partial charge is 0.453 e. The van der Waals surface area contributed by atoms with Gasteiger partial charge < -0.3 is 4.74 Å². The van der Waals surface area contributed by atoms with Crippen LogP contribution in [0, 0.1) is 17.1 Å². The van der Waals surface area contributed by atoms with E-state index in [9.17, 15) is 0 Å². The van der Waals surface area contributed by atoms with Gasteiger partial charge in [0.15, 0.2) is 17.2 Å². The van der Waals surface area contributed by atoms with Gasteiger partial charge in [0.25, 0.3) is 0 Å². The van der Waals surface area contributed by atoms with Gasteiger partial charge in [-0.3, -0.25) is 4.68 Å². The predicted molar refractivity (Wildman–Crippen MR) is 112 cm³/mol. The summed E-state index contributed by atoms with van der Waals surface area (Å²) >= 11 is 9.35. The van der Waals surface area contributed by atoms with Crippen LogP contribution in [0.1, 0.15) is 16.8 Å². The van der Waals surface area contributed by atoms with Crippen molar-refractivity contribution in [1.82, 2.24) is 14.8 Å². The molecular weight excluding hydrogens is 459 g/mol. The van der Waals surface area contributed by atoms with Crippen molar-refractivity contribution in [2.24, 2.45) is 7.05 Å². The number of aromatic nitrogens is 3. The van der Waals surface area contributed by atoms with Crippen LogP contribution in [0.5, 0.6) is 11.5 Å².